The number of rotatable bonds is 0. The molecule has 1 heteroatoms. The Morgan fingerprint density at radius 3 is 1.13 bits per heavy atom. The van der Waals surface area contributed by atoms with E-state index in [0.717, 1.165) is 0 Å². The Morgan fingerprint density at radius 2 is 0.957 bits per heavy atom. The molecule has 0 fully saturated rings. The first kappa shape index (κ1) is 21.6. The van der Waals surface area contributed by atoms with Crippen molar-refractivity contribution in [2.75, 3.05) is 0 Å². The third-order valence-electron chi connectivity index (χ3n) is 3.06. The smallest absolute Gasteiger partial charge is 0.181 e. The van der Waals surface area contributed by atoms with Crippen LogP contribution in [0.5, 0.6) is 0 Å². The molecule has 0 nitrogen and oxygen atoms in total. The molecule has 3 rings (SSSR count). The molecule has 2 aromatic carbocycles. The summed E-state index contributed by atoms with van der Waals surface area (Å²) in [7, 11) is 0. The van der Waals surface area contributed by atoms with E-state index in [1.54, 1.807) is 0 Å². The Hall–Kier alpha value is -1.39. The molecule has 0 saturated carbocycles. The molecule has 0 heterocycles. The molecule has 0 spiro atoms. The van der Waals surface area contributed by atoms with E-state index in [1.165, 1.54) is 36.8 Å². The molecule has 0 bridgehead atoms. The van der Waals surface area contributed by atoms with Crippen LogP contribution in [0.25, 0.3) is 0 Å². The van der Waals surface area contributed by atoms with Crippen molar-refractivity contribution in [2.24, 2.45) is 0 Å². The molecule has 2 aromatic rings. The van der Waals surface area contributed by atoms with Crippen molar-refractivity contribution in [1.82, 2.24) is 0 Å². The van der Waals surface area contributed by atoms with E-state index in [1.807, 2.05) is 62.4 Å². The molecule has 1 aliphatic rings. The summed E-state index contributed by atoms with van der Waals surface area (Å²) in [4.78, 5) is 0. The summed E-state index contributed by atoms with van der Waals surface area (Å²) < 4.78 is 0. The van der Waals surface area contributed by atoms with E-state index in [4.69, 9.17) is 0 Å². The van der Waals surface area contributed by atoms with Crippen molar-refractivity contribution in [3.05, 3.63) is 96.1 Å². The molecule has 0 saturated heterocycles. The van der Waals surface area contributed by atoms with Crippen LogP contribution in [0.1, 0.15) is 36.8 Å². The molecule has 0 atom stereocenters. The zero-order valence-electron chi connectivity index (χ0n) is 14.1. The summed E-state index contributed by atoms with van der Waals surface area (Å²) in [5, 5.41) is 0. The molecule has 1 aliphatic carbocycles. The van der Waals surface area contributed by atoms with Crippen LogP contribution in [0.2, 0.25) is 0 Å². The van der Waals surface area contributed by atoms with Gasteiger partial charge in [-0.25, -0.2) is 0 Å². The Kier molecular flexibility index (Phi) is 14.6. The van der Waals surface area contributed by atoms with Crippen LogP contribution in [0.15, 0.2) is 72.8 Å². The van der Waals surface area contributed by atoms with Gasteiger partial charge in [0.15, 0.2) is 0 Å². The number of aryl methyl sites for hydroxylation is 2. The zero-order valence-corrected chi connectivity index (χ0v) is 16.3. The van der Waals surface area contributed by atoms with E-state index in [9.17, 15) is 0 Å². The monoisotopic (exact) mass is 485 g/mol. The Labute approximate surface area is 156 Å². The van der Waals surface area contributed by atoms with Crippen LogP contribution >= 0.6 is 0 Å². The number of benzene rings is 2. The molecule has 0 radical (unpaired) electrons. The van der Waals surface area contributed by atoms with E-state index in [2.05, 4.69) is 36.4 Å². The van der Waals surface area contributed by atoms with Gasteiger partial charge in [0.2, 0.25) is 0 Å². The van der Waals surface area contributed by atoms with Crippen molar-refractivity contribution in [3.63, 3.8) is 0 Å². The first-order chi connectivity index (χ1) is 10.8. The van der Waals surface area contributed by atoms with Gasteiger partial charge in [-0.2, -0.15) is 71.8 Å². The van der Waals surface area contributed by atoms with Crippen molar-refractivity contribution in [1.29, 1.82) is 0 Å². The maximum absolute atomic E-state index is 3.03. The van der Waals surface area contributed by atoms with Gasteiger partial charge < -0.3 is 0 Å². The fourth-order valence-electron chi connectivity index (χ4n) is 1.82. The summed E-state index contributed by atoms with van der Waals surface area (Å²) in [5.41, 5.74) is 2.39. The average molecular weight is 486 g/mol. The molecule has 0 unspecified atom stereocenters. The largest absolute Gasteiger partial charge is 2.00 e. The minimum Gasteiger partial charge on any atom is -0.181 e. The van der Waals surface area contributed by atoms with Crippen LogP contribution in [0.4, 0.5) is 0 Å². The maximum atomic E-state index is 3.03. The molecule has 0 amide bonds. The van der Waals surface area contributed by atoms with Gasteiger partial charge in [-0.15, -0.1) is 0 Å². The fraction of sp³-hybridized carbons (Fsp3) is 0.273. The van der Waals surface area contributed by atoms with Crippen LogP contribution in [-0.4, -0.2) is 0 Å². The van der Waals surface area contributed by atoms with E-state index in [0.29, 0.717) is 0 Å². The third kappa shape index (κ3) is 14.0. The van der Waals surface area contributed by atoms with E-state index in [-0.39, 0.29) is 21.1 Å². The Bertz CT molecular complexity index is 463. The maximum Gasteiger partial charge on any atom is 2.00 e. The molecule has 0 aliphatic heterocycles. The van der Waals surface area contributed by atoms with Gasteiger partial charge in [0.1, 0.15) is 0 Å². The van der Waals surface area contributed by atoms with Crippen molar-refractivity contribution in [2.45, 2.75) is 39.5 Å². The Morgan fingerprint density at radius 1 is 0.609 bits per heavy atom. The van der Waals surface area contributed by atoms with Crippen LogP contribution in [0.3, 0.4) is 0 Å². The van der Waals surface area contributed by atoms with Crippen LogP contribution < -0.4 is 0 Å². The molecular weight excluding hydrogens is 459 g/mol. The molecule has 23 heavy (non-hydrogen) atoms. The van der Waals surface area contributed by atoms with Gasteiger partial charge >= 0.3 is 21.1 Å². The predicted octanol–water partition coefficient (Wildman–Crippen LogP) is 6.26. The standard InChI is InChI=1S/C8H12.2C7H7.Pt/c1-2-4-6-8-7-5-3-1;2*1-7-5-3-2-4-6-7;/h1-2,7-8H,3-6H2;2*2-5H,1H3;/q;2*-1;+2. The Balaban J connectivity index is 0.000000310. The normalized spacial score (nSPS) is 12.3. The van der Waals surface area contributed by atoms with Gasteiger partial charge in [0.05, 0.1) is 0 Å². The average Bonchev–Trinajstić information content (AvgIpc) is 2.49. The SMILES string of the molecule is C1=CCCC=CCC1.Cc1[c-]cccc1.Cc1[c-]cccc1.[Pt+2]. The number of hydrogen-bond acceptors (Lipinski definition) is 0. The molecule has 124 valence electrons. The van der Waals surface area contributed by atoms with Gasteiger partial charge in [-0.1, -0.05) is 38.2 Å². The number of allylic oxidation sites excluding steroid dienone is 4. The molecule has 0 aromatic heterocycles. The second kappa shape index (κ2) is 15.5. The van der Waals surface area contributed by atoms with Crippen molar-refractivity contribution >= 4 is 0 Å². The van der Waals surface area contributed by atoms with Crippen LogP contribution in [0, 0.1) is 26.0 Å². The van der Waals surface area contributed by atoms with Gasteiger partial charge in [0, 0.05) is 0 Å². The van der Waals surface area contributed by atoms with Crippen LogP contribution in [-0.2, 0) is 21.1 Å². The number of hydrogen-bond donors (Lipinski definition) is 0. The fourth-order valence-corrected chi connectivity index (χ4v) is 1.82. The predicted molar refractivity (Wildman–Crippen MR) is 96.8 cm³/mol. The molecular formula is C22H26Pt. The van der Waals surface area contributed by atoms with Crippen molar-refractivity contribution < 1.29 is 21.1 Å². The first-order valence-corrected chi connectivity index (χ1v) is 7.95. The van der Waals surface area contributed by atoms with Gasteiger partial charge in [-0.3, -0.25) is 0 Å². The molecule has 0 N–H and O–H groups in total. The van der Waals surface area contributed by atoms with Crippen molar-refractivity contribution in [3.8, 4) is 0 Å². The summed E-state index contributed by atoms with van der Waals surface area (Å²) in [6.07, 6.45) is 14.0. The van der Waals surface area contributed by atoms with E-state index < -0.39 is 0 Å². The summed E-state index contributed by atoms with van der Waals surface area (Å²) in [5.74, 6) is 0. The van der Waals surface area contributed by atoms with Gasteiger partial charge in [-0.05, 0) is 25.7 Å². The summed E-state index contributed by atoms with van der Waals surface area (Å²) in [6.45, 7) is 4.06. The third-order valence-corrected chi connectivity index (χ3v) is 3.06. The summed E-state index contributed by atoms with van der Waals surface area (Å²) in [6, 6.07) is 21.9. The summed E-state index contributed by atoms with van der Waals surface area (Å²) >= 11 is 0. The second-order valence-electron chi connectivity index (χ2n) is 5.19. The quantitative estimate of drug-likeness (QED) is 0.305. The second-order valence-corrected chi connectivity index (χ2v) is 5.19. The minimum atomic E-state index is 0. The first-order valence-electron chi connectivity index (χ1n) is 7.95. The topological polar surface area (TPSA) is 0 Å². The minimum absolute atomic E-state index is 0. The zero-order chi connectivity index (χ0) is 15.9. The van der Waals surface area contributed by atoms with Gasteiger partial charge in [0.25, 0.3) is 0 Å². The van der Waals surface area contributed by atoms with E-state index >= 15 is 0 Å².